The molecular weight excluding hydrogens is 340 g/mol. The zero-order valence-corrected chi connectivity index (χ0v) is 14.7. The highest BCUT2D eigenvalue weighted by Crippen LogP contribution is 2.18. The molecule has 0 fully saturated rings. The fourth-order valence-corrected chi connectivity index (χ4v) is 2.50. The average molecular weight is 361 g/mol. The topological polar surface area (TPSA) is 55.4 Å². The third kappa shape index (κ3) is 5.12. The number of halogens is 2. The van der Waals surface area contributed by atoms with Crippen LogP contribution in [0.1, 0.15) is 42.1 Å². The maximum Gasteiger partial charge on any atom is 0.339 e. The SMILES string of the molecule is CC[C@@H](CNC(=O)[C@@H](C)OC(=O)c1ccc(F)c(F)c1)c1ccccc1. The molecule has 26 heavy (non-hydrogen) atoms. The largest absolute Gasteiger partial charge is 0.449 e. The number of ether oxygens (including phenoxy) is 1. The fourth-order valence-electron chi connectivity index (χ4n) is 2.50. The van der Waals surface area contributed by atoms with Crippen molar-refractivity contribution in [2.45, 2.75) is 32.3 Å². The van der Waals surface area contributed by atoms with Crippen LogP contribution in [-0.4, -0.2) is 24.5 Å². The molecule has 0 spiro atoms. The molecule has 2 aromatic rings. The molecule has 0 saturated carbocycles. The van der Waals surface area contributed by atoms with Crippen molar-refractivity contribution in [1.82, 2.24) is 5.32 Å². The molecule has 4 nitrogen and oxygen atoms in total. The highest BCUT2D eigenvalue weighted by molar-refractivity contribution is 5.92. The fraction of sp³-hybridized carbons (Fsp3) is 0.300. The van der Waals surface area contributed by atoms with Crippen molar-refractivity contribution in [2.75, 3.05) is 6.54 Å². The predicted molar refractivity (Wildman–Crippen MR) is 93.7 cm³/mol. The Morgan fingerprint density at radius 2 is 1.77 bits per heavy atom. The normalized spacial score (nSPS) is 12.9. The Labute approximate surface area is 151 Å². The van der Waals surface area contributed by atoms with Crippen LogP contribution in [0.25, 0.3) is 0 Å². The number of benzene rings is 2. The van der Waals surface area contributed by atoms with Gasteiger partial charge in [-0.2, -0.15) is 0 Å². The van der Waals surface area contributed by atoms with Gasteiger partial charge in [-0.15, -0.1) is 0 Å². The van der Waals surface area contributed by atoms with E-state index >= 15 is 0 Å². The van der Waals surface area contributed by atoms with E-state index in [9.17, 15) is 18.4 Å². The Morgan fingerprint density at radius 3 is 2.38 bits per heavy atom. The molecule has 0 aliphatic heterocycles. The second-order valence-electron chi connectivity index (χ2n) is 5.94. The predicted octanol–water partition coefficient (Wildman–Crippen LogP) is 3.82. The minimum atomic E-state index is -1.15. The monoisotopic (exact) mass is 361 g/mol. The zero-order valence-electron chi connectivity index (χ0n) is 14.7. The van der Waals surface area contributed by atoms with Gasteiger partial charge in [-0.1, -0.05) is 37.3 Å². The molecule has 2 atom stereocenters. The maximum atomic E-state index is 13.2. The minimum Gasteiger partial charge on any atom is -0.449 e. The maximum absolute atomic E-state index is 13.2. The number of amides is 1. The summed E-state index contributed by atoms with van der Waals surface area (Å²) in [6, 6.07) is 12.5. The first-order chi connectivity index (χ1) is 12.4. The van der Waals surface area contributed by atoms with Crippen molar-refractivity contribution in [3.05, 3.63) is 71.3 Å². The lowest BCUT2D eigenvalue weighted by Crippen LogP contribution is -2.38. The Kier molecular flexibility index (Phi) is 6.83. The zero-order chi connectivity index (χ0) is 19.1. The number of carbonyl (C=O) groups excluding carboxylic acids is 2. The van der Waals surface area contributed by atoms with Gasteiger partial charge < -0.3 is 10.1 Å². The lowest BCUT2D eigenvalue weighted by atomic mass is 9.96. The molecule has 0 aromatic heterocycles. The lowest BCUT2D eigenvalue weighted by Gasteiger charge is -2.18. The van der Waals surface area contributed by atoms with Gasteiger partial charge in [0.15, 0.2) is 17.7 Å². The van der Waals surface area contributed by atoms with E-state index in [1.54, 1.807) is 0 Å². The van der Waals surface area contributed by atoms with E-state index < -0.39 is 29.6 Å². The van der Waals surface area contributed by atoms with E-state index in [0.29, 0.717) is 6.54 Å². The first-order valence-corrected chi connectivity index (χ1v) is 8.41. The second-order valence-corrected chi connectivity index (χ2v) is 5.94. The molecule has 0 heterocycles. The molecule has 1 N–H and O–H groups in total. The number of carbonyl (C=O) groups is 2. The molecule has 0 bridgehead atoms. The molecule has 6 heteroatoms. The molecule has 0 unspecified atom stereocenters. The van der Waals surface area contributed by atoms with Crippen LogP contribution in [0.2, 0.25) is 0 Å². The van der Waals surface area contributed by atoms with Gasteiger partial charge in [0.25, 0.3) is 5.91 Å². The van der Waals surface area contributed by atoms with Crippen LogP contribution >= 0.6 is 0 Å². The third-order valence-corrected chi connectivity index (χ3v) is 4.09. The Morgan fingerprint density at radius 1 is 1.08 bits per heavy atom. The summed E-state index contributed by atoms with van der Waals surface area (Å²) in [5.74, 6) is -3.39. The summed E-state index contributed by atoms with van der Waals surface area (Å²) in [6.45, 7) is 3.86. The molecule has 2 aromatic carbocycles. The third-order valence-electron chi connectivity index (χ3n) is 4.09. The minimum absolute atomic E-state index is 0.147. The van der Waals surface area contributed by atoms with Crippen LogP contribution in [-0.2, 0) is 9.53 Å². The van der Waals surface area contributed by atoms with Crippen LogP contribution in [0.3, 0.4) is 0 Å². The summed E-state index contributed by atoms with van der Waals surface area (Å²) in [5, 5.41) is 2.76. The summed E-state index contributed by atoms with van der Waals surface area (Å²) in [6.07, 6.45) is -0.211. The highest BCUT2D eigenvalue weighted by atomic mass is 19.2. The number of nitrogens with one attached hydrogen (secondary N) is 1. The van der Waals surface area contributed by atoms with Gasteiger partial charge in [-0.05, 0) is 37.1 Å². The summed E-state index contributed by atoms with van der Waals surface area (Å²) in [7, 11) is 0. The summed E-state index contributed by atoms with van der Waals surface area (Å²) in [4.78, 5) is 24.1. The lowest BCUT2D eigenvalue weighted by molar-refractivity contribution is -0.129. The number of rotatable bonds is 7. The van der Waals surface area contributed by atoms with Crippen molar-refractivity contribution in [2.24, 2.45) is 0 Å². The molecule has 2 rings (SSSR count). The van der Waals surface area contributed by atoms with E-state index in [0.717, 1.165) is 30.2 Å². The van der Waals surface area contributed by atoms with Gasteiger partial charge in [0, 0.05) is 12.5 Å². The van der Waals surface area contributed by atoms with E-state index in [4.69, 9.17) is 4.74 Å². The van der Waals surface area contributed by atoms with Crippen molar-refractivity contribution in [3.63, 3.8) is 0 Å². The quantitative estimate of drug-likeness (QED) is 0.763. The molecule has 138 valence electrons. The molecular formula is C20H21F2NO3. The van der Waals surface area contributed by atoms with Gasteiger partial charge in [-0.25, -0.2) is 13.6 Å². The van der Waals surface area contributed by atoms with Gasteiger partial charge in [0.05, 0.1) is 5.56 Å². The Balaban J connectivity index is 1.90. The average Bonchev–Trinajstić information content (AvgIpc) is 2.65. The molecule has 1 amide bonds. The number of hydrogen-bond donors (Lipinski definition) is 1. The summed E-state index contributed by atoms with van der Waals surface area (Å²) >= 11 is 0. The molecule has 0 saturated heterocycles. The van der Waals surface area contributed by atoms with Crippen molar-refractivity contribution in [3.8, 4) is 0 Å². The van der Waals surface area contributed by atoms with Gasteiger partial charge in [0.2, 0.25) is 0 Å². The standard InChI is InChI=1S/C20H21F2NO3/c1-3-14(15-7-5-4-6-8-15)12-23-19(24)13(2)26-20(25)16-9-10-17(21)18(22)11-16/h4-11,13-14H,3,12H2,1-2H3,(H,23,24)/t13-,14+/m1/s1. The second kappa shape index (κ2) is 9.08. The van der Waals surface area contributed by atoms with Crippen molar-refractivity contribution in [1.29, 1.82) is 0 Å². The van der Waals surface area contributed by atoms with Crippen molar-refractivity contribution >= 4 is 11.9 Å². The van der Waals surface area contributed by atoms with E-state index in [1.165, 1.54) is 6.92 Å². The van der Waals surface area contributed by atoms with Crippen LogP contribution in [0.5, 0.6) is 0 Å². The highest BCUT2D eigenvalue weighted by Gasteiger charge is 2.21. The molecule has 0 aliphatic carbocycles. The molecule has 0 aliphatic rings. The van der Waals surface area contributed by atoms with Gasteiger partial charge in [0.1, 0.15) is 0 Å². The van der Waals surface area contributed by atoms with Crippen LogP contribution < -0.4 is 5.32 Å². The van der Waals surface area contributed by atoms with Crippen molar-refractivity contribution < 1.29 is 23.1 Å². The van der Waals surface area contributed by atoms with E-state index in [2.05, 4.69) is 5.32 Å². The first-order valence-electron chi connectivity index (χ1n) is 8.41. The summed E-state index contributed by atoms with van der Waals surface area (Å²) < 4.78 is 31.1. The van der Waals surface area contributed by atoms with Gasteiger partial charge >= 0.3 is 5.97 Å². The first kappa shape index (κ1) is 19.6. The number of esters is 1. The van der Waals surface area contributed by atoms with Gasteiger partial charge in [-0.3, -0.25) is 4.79 Å². The summed E-state index contributed by atoms with van der Waals surface area (Å²) in [5.41, 5.74) is 0.959. The van der Waals surface area contributed by atoms with Crippen LogP contribution in [0.4, 0.5) is 8.78 Å². The Hall–Kier alpha value is -2.76. The van der Waals surface area contributed by atoms with Crippen LogP contribution in [0, 0.1) is 11.6 Å². The van der Waals surface area contributed by atoms with E-state index in [-0.39, 0.29) is 11.5 Å². The van der Waals surface area contributed by atoms with Crippen LogP contribution in [0.15, 0.2) is 48.5 Å². The van der Waals surface area contributed by atoms with E-state index in [1.807, 2.05) is 37.3 Å². The Bertz CT molecular complexity index is 765. The number of hydrogen-bond acceptors (Lipinski definition) is 3. The smallest absolute Gasteiger partial charge is 0.339 e. The molecule has 0 radical (unpaired) electrons.